The van der Waals surface area contributed by atoms with Crippen molar-refractivity contribution in [3.05, 3.63) is 39.9 Å². The number of pyridine rings is 1. The highest BCUT2D eigenvalue weighted by molar-refractivity contribution is 5.94. The van der Waals surface area contributed by atoms with Gasteiger partial charge in [0.1, 0.15) is 22.9 Å². The minimum absolute atomic E-state index is 0.0574. The van der Waals surface area contributed by atoms with Crippen molar-refractivity contribution in [3.63, 3.8) is 0 Å². The molecule has 0 atom stereocenters. The van der Waals surface area contributed by atoms with Crippen LogP contribution in [-0.2, 0) is 11.3 Å². The summed E-state index contributed by atoms with van der Waals surface area (Å²) in [6.07, 6.45) is 5.67. The zero-order valence-corrected chi connectivity index (χ0v) is 17.1. The number of aliphatic imine (C=N–C) groups is 1. The first-order valence-electron chi connectivity index (χ1n) is 10.5. The van der Waals surface area contributed by atoms with Crippen molar-refractivity contribution >= 4 is 28.4 Å². The van der Waals surface area contributed by atoms with Gasteiger partial charge in [0.25, 0.3) is 0 Å². The number of fused-ring (bicyclic) bond motifs is 1. The van der Waals surface area contributed by atoms with Gasteiger partial charge in [-0.25, -0.2) is 14.2 Å². The van der Waals surface area contributed by atoms with Gasteiger partial charge >= 0.3 is 5.97 Å². The summed E-state index contributed by atoms with van der Waals surface area (Å²) >= 11 is 0. The van der Waals surface area contributed by atoms with E-state index in [9.17, 15) is 14.7 Å². The molecule has 0 spiro atoms. The number of aryl methyl sites for hydroxylation is 1. The molecule has 2 fully saturated rings. The number of benzene rings is 1. The van der Waals surface area contributed by atoms with E-state index in [1.807, 2.05) is 6.92 Å². The van der Waals surface area contributed by atoms with E-state index in [1.165, 1.54) is 6.20 Å². The van der Waals surface area contributed by atoms with Crippen LogP contribution in [0.5, 0.6) is 0 Å². The Balaban J connectivity index is 1.86. The summed E-state index contributed by atoms with van der Waals surface area (Å²) in [5.74, 6) is -0.751. The molecule has 1 saturated heterocycles. The third-order valence-corrected chi connectivity index (χ3v) is 6.01. The second-order valence-corrected chi connectivity index (χ2v) is 7.83. The summed E-state index contributed by atoms with van der Waals surface area (Å²) in [6.45, 7) is 5.00. The number of ether oxygens (including phenoxy) is 1. The Morgan fingerprint density at radius 3 is 2.60 bits per heavy atom. The number of aromatic nitrogens is 1. The van der Waals surface area contributed by atoms with Crippen LogP contribution in [0.25, 0.3) is 10.9 Å². The minimum Gasteiger partial charge on any atom is -0.477 e. The van der Waals surface area contributed by atoms with Crippen molar-refractivity contribution in [2.24, 2.45) is 10.9 Å². The van der Waals surface area contributed by atoms with Crippen molar-refractivity contribution in [2.75, 3.05) is 26.3 Å². The maximum absolute atomic E-state index is 15.0. The third kappa shape index (κ3) is 3.84. The van der Waals surface area contributed by atoms with Crippen LogP contribution >= 0.6 is 0 Å². The minimum atomic E-state index is -1.32. The Morgan fingerprint density at radius 2 is 1.97 bits per heavy atom. The zero-order valence-electron chi connectivity index (χ0n) is 17.1. The number of aromatic carboxylic acids is 1. The van der Waals surface area contributed by atoms with E-state index >= 15 is 4.39 Å². The monoisotopic (exact) mass is 415 g/mol. The maximum Gasteiger partial charge on any atom is 0.341 e. The van der Waals surface area contributed by atoms with Crippen LogP contribution in [0.3, 0.4) is 0 Å². The molecule has 1 N–H and O–H groups in total. The molecule has 1 aromatic carbocycles. The highest BCUT2D eigenvalue weighted by Gasteiger charge is 2.27. The molecule has 7 nitrogen and oxygen atoms in total. The number of hydrogen-bond donors (Lipinski definition) is 1. The normalized spacial score (nSPS) is 18.3. The molecule has 30 heavy (non-hydrogen) atoms. The molecule has 2 aliphatic rings. The first-order valence-corrected chi connectivity index (χ1v) is 10.5. The van der Waals surface area contributed by atoms with Gasteiger partial charge in [0.15, 0.2) is 0 Å². The standard InChI is InChI=1S/C22H26FN3O4/c1-2-25-13-16(22(28)29)20(27)15-11-17(23)18(12-19(15)25)24-21(14-5-3-4-6-14)26-7-9-30-10-8-26/h11-14H,2-10H2,1H3,(H,28,29). The largest absolute Gasteiger partial charge is 0.477 e. The number of morpholine rings is 1. The van der Waals surface area contributed by atoms with E-state index in [4.69, 9.17) is 9.73 Å². The van der Waals surface area contributed by atoms with Gasteiger partial charge in [0.05, 0.1) is 18.7 Å². The molecule has 1 aliphatic heterocycles. The Kier molecular flexibility index (Phi) is 5.85. The van der Waals surface area contributed by atoms with Crippen LogP contribution < -0.4 is 5.43 Å². The van der Waals surface area contributed by atoms with Crippen LogP contribution in [0.4, 0.5) is 10.1 Å². The van der Waals surface area contributed by atoms with Gasteiger partial charge in [-0.1, -0.05) is 12.8 Å². The molecule has 0 amide bonds. The number of nitrogens with zero attached hydrogens (tertiary/aromatic N) is 3. The first kappa shape index (κ1) is 20.5. The molecule has 1 aromatic heterocycles. The van der Waals surface area contributed by atoms with Gasteiger partial charge < -0.3 is 19.3 Å². The predicted octanol–water partition coefficient (Wildman–Crippen LogP) is 3.41. The molecular formula is C22H26FN3O4. The quantitative estimate of drug-likeness (QED) is 0.611. The topological polar surface area (TPSA) is 84.1 Å². The van der Waals surface area contributed by atoms with Crippen molar-refractivity contribution in [1.29, 1.82) is 0 Å². The van der Waals surface area contributed by atoms with Gasteiger partial charge in [-0.05, 0) is 31.9 Å². The first-order chi connectivity index (χ1) is 14.5. The summed E-state index contributed by atoms with van der Waals surface area (Å²) in [4.78, 5) is 30.9. The van der Waals surface area contributed by atoms with E-state index in [1.54, 1.807) is 10.6 Å². The average molecular weight is 415 g/mol. The van der Waals surface area contributed by atoms with E-state index < -0.39 is 17.2 Å². The lowest BCUT2D eigenvalue weighted by Crippen LogP contribution is -2.43. The predicted molar refractivity (Wildman–Crippen MR) is 112 cm³/mol. The second kappa shape index (κ2) is 8.55. The molecule has 0 unspecified atom stereocenters. The summed E-state index contributed by atoms with van der Waals surface area (Å²) in [5.41, 5.74) is -0.373. The Morgan fingerprint density at radius 1 is 1.27 bits per heavy atom. The molecule has 1 aliphatic carbocycles. The summed E-state index contributed by atoms with van der Waals surface area (Å²) in [6, 6.07) is 2.69. The van der Waals surface area contributed by atoms with Gasteiger partial charge in [0, 0.05) is 37.1 Å². The van der Waals surface area contributed by atoms with E-state index in [2.05, 4.69) is 4.90 Å². The smallest absolute Gasteiger partial charge is 0.341 e. The van der Waals surface area contributed by atoms with E-state index in [0.29, 0.717) is 31.2 Å². The van der Waals surface area contributed by atoms with Gasteiger partial charge in [-0.2, -0.15) is 0 Å². The lowest BCUT2D eigenvalue weighted by Gasteiger charge is -2.32. The fraction of sp³-hybridized carbons (Fsp3) is 0.500. The van der Waals surface area contributed by atoms with Crippen LogP contribution in [0, 0.1) is 11.7 Å². The Hall–Kier alpha value is -2.74. The van der Waals surface area contributed by atoms with Gasteiger partial charge in [0.2, 0.25) is 5.43 Å². The van der Waals surface area contributed by atoms with Crippen molar-refractivity contribution in [1.82, 2.24) is 9.47 Å². The van der Waals surface area contributed by atoms with Crippen LogP contribution in [-0.4, -0.2) is 52.7 Å². The number of amidine groups is 1. The highest BCUT2D eigenvalue weighted by Crippen LogP contribution is 2.31. The molecule has 4 rings (SSSR count). The van der Waals surface area contributed by atoms with Gasteiger partial charge in [-0.3, -0.25) is 4.79 Å². The van der Waals surface area contributed by atoms with Gasteiger partial charge in [-0.15, -0.1) is 0 Å². The third-order valence-electron chi connectivity index (χ3n) is 6.01. The Labute approximate surface area is 173 Å². The van der Waals surface area contributed by atoms with E-state index in [-0.39, 0.29) is 16.6 Å². The fourth-order valence-corrected chi connectivity index (χ4v) is 4.42. The maximum atomic E-state index is 15.0. The van der Waals surface area contributed by atoms with Crippen LogP contribution in [0.15, 0.2) is 28.1 Å². The molecule has 8 heteroatoms. The summed E-state index contributed by atoms with van der Waals surface area (Å²) in [5, 5.41) is 9.37. The number of halogens is 1. The van der Waals surface area contributed by atoms with E-state index in [0.717, 1.165) is 50.7 Å². The lowest BCUT2D eigenvalue weighted by atomic mass is 10.0. The SMILES string of the molecule is CCn1cc(C(=O)O)c(=O)c2cc(F)c(N=C(C3CCCC3)N3CCOCC3)cc21. The highest BCUT2D eigenvalue weighted by atomic mass is 19.1. The second-order valence-electron chi connectivity index (χ2n) is 7.83. The zero-order chi connectivity index (χ0) is 21.3. The number of rotatable bonds is 4. The Bertz CT molecular complexity index is 1050. The van der Waals surface area contributed by atoms with Crippen molar-refractivity contribution < 1.29 is 19.0 Å². The molecule has 2 aromatic rings. The number of carbonyl (C=O) groups is 1. The van der Waals surface area contributed by atoms with Crippen molar-refractivity contribution in [2.45, 2.75) is 39.2 Å². The summed E-state index contributed by atoms with van der Waals surface area (Å²) < 4.78 is 22.2. The number of hydrogen-bond acceptors (Lipinski definition) is 4. The summed E-state index contributed by atoms with van der Waals surface area (Å²) in [7, 11) is 0. The van der Waals surface area contributed by atoms with Crippen molar-refractivity contribution in [3.8, 4) is 0 Å². The molecule has 0 bridgehead atoms. The number of carboxylic acid groups (broad SMARTS) is 1. The molecule has 160 valence electrons. The molecule has 1 saturated carbocycles. The average Bonchev–Trinajstić information content (AvgIpc) is 3.28. The molecule has 2 heterocycles. The van der Waals surface area contributed by atoms with Crippen LogP contribution in [0.1, 0.15) is 43.0 Å². The molecular weight excluding hydrogens is 389 g/mol. The number of carboxylic acids is 1. The fourth-order valence-electron chi connectivity index (χ4n) is 4.42. The molecule has 0 radical (unpaired) electrons. The lowest BCUT2D eigenvalue weighted by molar-refractivity contribution is 0.0659. The van der Waals surface area contributed by atoms with Crippen LogP contribution in [0.2, 0.25) is 0 Å².